The number of hydrogen-bond acceptors (Lipinski definition) is 4. The van der Waals surface area contributed by atoms with Crippen LogP contribution in [0.2, 0.25) is 0 Å². The average Bonchev–Trinajstić information content (AvgIpc) is 2.23. The maximum atomic E-state index is 9.43. The average molecular weight is 255 g/mol. The van der Waals surface area contributed by atoms with Gasteiger partial charge in [-0.1, -0.05) is 6.42 Å². The first-order valence-electron chi connectivity index (χ1n) is 7.28. The molecule has 104 valence electrons. The van der Waals surface area contributed by atoms with E-state index < -0.39 is 0 Å². The lowest BCUT2D eigenvalue weighted by Crippen LogP contribution is -2.68. The van der Waals surface area contributed by atoms with E-state index in [1.54, 1.807) is 0 Å². The van der Waals surface area contributed by atoms with Gasteiger partial charge in [-0.05, 0) is 26.2 Å². The minimum absolute atomic E-state index is 0.0123. The highest BCUT2D eigenvalue weighted by Gasteiger charge is 2.59. The van der Waals surface area contributed by atoms with E-state index >= 15 is 0 Å². The predicted octanol–water partition coefficient (Wildman–Crippen LogP) is 0.933. The molecule has 3 aliphatic rings. The zero-order valence-corrected chi connectivity index (χ0v) is 11.3. The molecule has 3 fully saturated rings. The predicted molar refractivity (Wildman–Crippen MR) is 68.4 cm³/mol. The van der Waals surface area contributed by atoms with Crippen LogP contribution in [0.3, 0.4) is 0 Å². The number of ether oxygens (including phenoxy) is 2. The Hall–Kier alpha value is -0.160. The van der Waals surface area contributed by atoms with E-state index in [4.69, 9.17) is 9.47 Å². The van der Waals surface area contributed by atoms with Gasteiger partial charge in [0, 0.05) is 24.6 Å². The second-order valence-corrected chi connectivity index (χ2v) is 6.35. The van der Waals surface area contributed by atoms with Gasteiger partial charge in [-0.25, -0.2) is 0 Å². The van der Waals surface area contributed by atoms with E-state index in [9.17, 15) is 5.11 Å². The van der Waals surface area contributed by atoms with Crippen molar-refractivity contribution < 1.29 is 14.6 Å². The summed E-state index contributed by atoms with van der Waals surface area (Å²) < 4.78 is 11.1. The topological polar surface area (TPSA) is 50.7 Å². The van der Waals surface area contributed by atoms with Gasteiger partial charge in [0.15, 0.2) is 0 Å². The lowest BCUT2D eigenvalue weighted by Gasteiger charge is -2.61. The Bertz CT molecular complexity index is 294. The summed E-state index contributed by atoms with van der Waals surface area (Å²) in [5.41, 5.74) is 0.402. The van der Waals surface area contributed by atoms with E-state index in [1.807, 2.05) is 0 Å². The molecule has 2 unspecified atom stereocenters. The number of aliphatic hydroxyl groups excluding tert-OH is 1. The number of nitrogens with one attached hydrogen (secondary N) is 1. The standard InChI is InChI=1S/C14H25NO3/c1-2-18-12-6-11(14(12)4-3-5-14)15-7-13(8-16)9-17-10-13/h11-12,15-16H,2-10H2,1H3. The molecule has 1 aliphatic heterocycles. The van der Waals surface area contributed by atoms with Gasteiger partial charge >= 0.3 is 0 Å². The number of hydrogen-bond donors (Lipinski definition) is 2. The van der Waals surface area contributed by atoms with Crippen LogP contribution < -0.4 is 5.32 Å². The van der Waals surface area contributed by atoms with E-state index in [0.29, 0.717) is 30.8 Å². The maximum absolute atomic E-state index is 9.43. The highest BCUT2D eigenvalue weighted by molar-refractivity contribution is 5.12. The van der Waals surface area contributed by atoms with Gasteiger partial charge in [0.25, 0.3) is 0 Å². The summed E-state index contributed by atoms with van der Waals surface area (Å²) in [7, 11) is 0. The van der Waals surface area contributed by atoms with Gasteiger partial charge in [-0.15, -0.1) is 0 Å². The van der Waals surface area contributed by atoms with Crippen LogP contribution in [-0.4, -0.2) is 50.2 Å². The number of rotatable bonds is 6. The summed E-state index contributed by atoms with van der Waals surface area (Å²) in [4.78, 5) is 0. The van der Waals surface area contributed by atoms with Crippen LogP contribution in [0.5, 0.6) is 0 Å². The second kappa shape index (κ2) is 4.75. The largest absolute Gasteiger partial charge is 0.396 e. The third-order valence-electron chi connectivity index (χ3n) is 5.31. The summed E-state index contributed by atoms with van der Waals surface area (Å²) in [6.07, 6.45) is 5.55. The molecule has 18 heavy (non-hydrogen) atoms. The summed E-state index contributed by atoms with van der Waals surface area (Å²) >= 11 is 0. The van der Waals surface area contributed by atoms with Crippen LogP contribution in [0.15, 0.2) is 0 Å². The maximum Gasteiger partial charge on any atom is 0.0661 e. The summed E-state index contributed by atoms with van der Waals surface area (Å²) in [6, 6.07) is 0.590. The summed E-state index contributed by atoms with van der Waals surface area (Å²) in [5, 5.41) is 13.1. The molecule has 3 rings (SSSR count). The summed E-state index contributed by atoms with van der Waals surface area (Å²) in [6.45, 7) is 5.42. The van der Waals surface area contributed by atoms with Crippen molar-refractivity contribution in [2.24, 2.45) is 10.8 Å². The van der Waals surface area contributed by atoms with E-state index in [0.717, 1.165) is 19.6 Å². The van der Waals surface area contributed by atoms with Gasteiger partial charge in [-0.2, -0.15) is 0 Å². The monoisotopic (exact) mass is 255 g/mol. The molecule has 1 saturated heterocycles. The first-order chi connectivity index (χ1) is 8.75. The van der Waals surface area contributed by atoms with Crippen molar-refractivity contribution in [2.75, 3.05) is 33.0 Å². The number of aliphatic hydroxyl groups is 1. The van der Waals surface area contributed by atoms with Gasteiger partial charge in [0.2, 0.25) is 0 Å². The SMILES string of the molecule is CCOC1CC(NCC2(CO)COC2)C12CCC2. The van der Waals surface area contributed by atoms with Crippen LogP contribution in [0.25, 0.3) is 0 Å². The van der Waals surface area contributed by atoms with Crippen LogP contribution in [0.1, 0.15) is 32.6 Å². The first-order valence-corrected chi connectivity index (χ1v) is 7.28. The highest BCUT2D eigenvalue weighted by Crippen LogP contribution is 2.57. The Morgan fingerprint density at radius 1 is 1.39 bits per heavy atom. The fourth-order valence-electron chi connectivity index (χ4n) is 3.70. The highest BCUT2D eigenvalue weighted by atomic mass is 16.5. The molecule has 2 N–H and O–H groups in total. The molecule has 0 aromatic carbocycles. The molecule has 0 aromatic rings. The van der Waals surface area contributed by atoms with Crippen molar-refractivity contribution in [3.8, 4) is 0 Å². The van der Waals surface area contributed by atoms with Gasteiger partial charge in [0.05, 0.1) is 31.3 Å². The van der Waals surface area contributed by atoms with Crippen molar-refractivity contribution in [2.45, 2.75) is 44.8 Å². The summed E-state index contributed by atoms with van der Waals surface area (Å²) in [5.74, 6) is 0. The Morgan fingerprint density at radius 2 is 2.17 bits per heavy atom. The molecule has 2 atom stereocenters. The Morgan fingerprint density at radius 3 is 2.61 bits per heavy atom. The molecule has 2 aliphatic carbocycles. The van der Waals surface area contributed by atoms with Crippen molar-refractivity contribution in [3.63, 3.8) is 0 Å². The molecule has 0 aromatic heterocycles. The lowest BCUT2D eigenvalue weighted by atomic mass is 9.51. The minimum Gasteiger partial charge on any atom is -0.396 e. The van der Waals surface area contributed by atoms with Crippen molar-refractivity contribution in [1.82, 2.24) is 5.32 Å². The quantitative estimate of drug-likeness (QED) is 0.741. The van der Waals surface area contributed by atoms with Crippen molar-refractivity contribution in [1.29, 1.82) is 0 Å². The van der Waals surface area contributed by atoms with Crippen molar-refractivity contribution >= 4 is 0 Å². The van der Waals surface area contributed by atoms with Gasteiger partial charge < -0.3 is 19.9 Å². The van der Waals surface area contributed by atoms with Gasteiger partial charge in [0.1, 0.15) is 0 Å². The Kier molecular flexibility index (Phi) is 3.39. The third kappa shape index (κ3) is 1.82. The fraction of sp³-hybridized carbons (Fsp3) is 1.00. The van der Waals surface area contributed by atoms with Gasteiger partial charge in [-0.3, -0.25) is 0 Å². The molecule has 0 bridgehead atoms. The van der Waals surface area contributed by atoms with E-state index in [2.05, 4.69) is 12.2 Å². The fourth-order valence-corrected chi connectivity index (χ4v) is 3.70. The third-order valence-corrected chi connectivity index (χ3v) is 5.31. The molecule has 1 heterocycles. The zero-order chi connectivity index (χ0) is 12.6. The molecule has 4 nitrogen and oxygen atoms in total. The van der Waals surface area contributed by atoms with E-state index in [1.165, 1.54) is 19.3 Å². The second-order valence-electron chi connectivity index (χ2n) is 6.35. The first kappa shape index (κ1) is 12.9. The molecular weight excluding hydrogens is 230 g/mol. The van der Waals surface area contributed by atoms with Crippen LogP contribution in [0.4, 0.5) is 0 Å². The molecule has 4 heteroatoms. The molecule has 0 radical (unpaired) electrons. The van der Waals surface area contributed by atoms with E-state index in [-0.39, 0.29) is 12.0 Å². The Balaban J connectivity index is 1.52. The smallest absolute Gasteiger partial charge is 0.0661 e. The van der Waals surface area contributed by atoms with Crippen molar-refractivity contribution in [3.05, 3.63) is 0 Å². The minimum atomic E-state index is -0.0123. The molecular formula is C14H25NO3. The van der Waals surface area contributed by atoms with Crippen LogP contribution in [0, 0.1) is 10.8 Å². The lowest BCUT2D eigenvalue weighted by molar-refractivity contribution is -0.182. The molecule has 0 amide bonds. The van der Waals surface area contributed by atoms with Crippen LogP contribution >= 0.6 is 0 Å². The molecule has 1 spiro atoms. The normalized spacial score (nSPS) is 35.7. The Labute approximate surface area is 109 Å². The van der Waals surface area contributed by atoms with Crippen LogP contribution in [-0.2, 0) is 9.47 Å². The zero-order valence-electron chi connectivity index (χ0n) is 11.3. The molecule has 2 saturated carbocycles.